The van der Waals surface area contributed by atoms with Gasteiger partial charge in [0.1, 0.15) is 16.4 Å². The first-order valence-electron chi connectivity index (χ1n) is 10.1. The monoisotopic (exact) mass is 455 g/mol. The number of pyridine rings is 1. The minimum atomic E-state index is -1.04. The molecule has 0 unspecified atom stereocenters. The van der Waals surface area contributed by atoms with Gasteiger partial charge in [0.2, 0.25) is 5.78 Å². The van der Waals surface area contributed by atoms with Gasteiger partial charge >= 0.3 is 5.97 Å². The van der Waals surface area contributed by atoms with Crippen molar-refractivity contribution >= 4 is 44.1 Å². The summed E-state index contributed by atoms with van der Waals surface area (Å²) in [5, 5.41) is 20.5. The number of carbonyl (C=O) groups is 2. The molecule has 0 aliphatic heterocycles. The van der Waals surface area contributed by atoms with Crippen molar-refractivity contribution in [1.29, 1.82) is 0 Å². The maximum atomic E-state index is 13.4. The zero-order valence-corrected chi connectivity index (χ0v) is 18.2. The standard InChI is InChI=1S/C26H17NO5S/c1-14-4-2-3-5-19(14)23(29)25-24(20-9-7-17(28)11-22(20)33-25)32-18-8-6-15-10-16(26(30)31)13-27-21(15)12-18/h2-13,28H,1H3,(H,30,31). The number of ketones is 1. The van der Waals surface area contributed by atoms with Crippen molar-refractivity contribution in [2.45, 2.75) is 6.92 Å². The number of hydrogen-bond acceptors (Lipinski definition) is 6. The van der Waals surface area contributed by atoms with Crippen molar-refractivity contribution in [2.75, 3.05) is 0 Å². The number of phenolic OH excluding ortho intramolecular Hbond substituents is 1. The van der Waals surface area contributed by atoms with Gasteiger partial charge in [-0.3, -0.25) is 9.78 Å². The molecule has 0 saturated carbocycles. The fourth-order valence-corrected chi connectivity index (χ4v) is 4.78. The normalized spacial score (nSPS) is 11.1. The molecule has 7 heteroatoms. The third-order valence-electron chi connectivity index (χ3n) is 5.35. The Kier molecular flexibility index (Phi) is 5.03. The SMILES string of the molecule is Cc1ccccc1C(=O)c1sc2cc(O)ccc2c1Oc1ccc2cc(C(=O)O)cnc2c1. The molecular weight excluding hydrogens is 438 g/mol. The van der Waals surface area contributed by atoms with Crippen LogP contribution in [0.25, 0.3) is 21.0 Å². The minimum Gasteiger partial charge on any atom is -0.508 e. The molecular formula is C26H17NO5S. The summed E-state index contributed by atoms with van der Waals surface area (Å²) in [6.45, 7) is 1.88. The van der Waals surface area contributed by atoms with Crippen LogP contribution in [0.2, 0.25) is 0 Å². The average molecular weight is 455 g/mol. The predicted molar refractivity (Wildman–Crippen MR) is 127 cm³/mol. The second-order valence-corrected chi connectivity index (χ2v) is 8.62. The van der Waals surface area contributed by atoms with E-state index in [9.17, 15) is 19.8 Å². The van der Waals surface area contributed by atoms with Crippen LogP contribution in [0.4, 0.5) is 0 Å². The molecule has 2 aromatic heterocycles. The molecule has 162 valence electrons. The molecule has 0 spiro atoms. The molecule has 0 radical (unpaired) electrons. The summed E-state index contributed by atoms with van der Waals surface area (Å²) < 4.78 is 6.95. The Morgan fingerprint density at radius 2 is 1.82 bits per heavy atom. The van der Waals surface area contributed by atoms with E-state index in [0.29, 0.717) is 38.2 Å². The van der Waals surface area contributed by atoms with Crippen molar-refractivity contribution in [1.82, 2.24) is 4.98 Å². The van der Waals surface area contributed by atoms with Gasteiger partial charge < -0.3 is 14.9 Å². The maximum absolute atomic E-state index is 13.4. The molecule has 3 aromatic carbocycles. The molecule has 0 saturated heterocycles. The first kappa shape index (κ1) is 20.7. The van der Waals surface area contributed by atoms with Gasteiger partial charge in [0.15, 0.2) is 5.75 Å². The molecule has 5 aromatic rings. The highest BCUT2D eigenvalue weighted by molar-refractivity contribution is 7.21. The van der Waals surface area contributed by atoms with Crippen LogP contribution in [-0.4, -0.2) is 26.9 Å². The van der Waals surface area contributed by atoms with E-state index in [2.05, 4.69) is 4.98 Å². The number of carboxylic acids is 1. The molecule has 2 N–H and O–H groups in total. The Labute approximate surface area is 192 Å². The van der Waals surface area contributed by atoms with E-state index in [4.69, 9.17) is 4.74 Å². The van der Waals surface area contributed by atoms with Crippen LogP contribution in [0.3, 0.4) is 0 Å². The number of aromatic nitrogens is 1. The molecule has 0 bridgehead atoms. The number of benzene rings is 3. The zero-order chi connectivity index (χ0) is 23.1. The number of nitrogens with zero attached hydrogens (tertiary/aromatic N) is 1. The largest absolute Gasteiger partial charge is 0.508 e. The summed E-state index contributed by atoms with van der Waals surface area (Å²) in [7, 11) is 0. The van der Waals surface area contributed by atoms with Crippen molar-refractivity contribution < 1.29 is 24.5 Å². The Morgan fingerprint density at radius 1 is 1.00 bits per heavy atom. The highest BCUT2D eigenvalue weighted by Crippen LogP contribution is 2.43. The van der Waals surface area contributed by atoms with E-state index in [0.717, 1.165) is 10.3 Å². The van der Waals surface area contributed by atoms with Crippen LogP contribution in [0, 0.1) is 6.92 Å². The van der Waals surface area contributed by atoms with E-state index in [-0.39, 0.29) is 17.1 Å². The van der Waals surface area contributed by atoms with Gasteiger partial charge in [-0.1, -0.05) is 24.3 Å². The van der Waals surface area contributed by atoms with E-state index in [1.165, 1.54) is 17.5 Å². The molecule has 0 atom stereocenters. The molecule has 5 rings (SSSR count). The number of aromatic hydroxyl groups is 1. The molecule has 2 heterocycles. The molecule has 6 nitrogen and oxygen atoms in total. The van der Waals surface area contributed by atoms with Crippen LogP contribution < -0.4 is 4.74 Å². The van der Waals surface area contributed by atoms with Gasteiger partial charge in [0, 0.05) is 33.3 Å². The molecule has 0 aliphatic carbocycles. The number of aryl methyl sites for hydroxylation is 1. The Hall–Kier alpha value is -4.23. The number of thiophene rings is 1. The van der Waals surface area contributed by atoms with E-state index in [1.54, 1.807) is 48.5 Å². The number of aromatic carboxylic acids is 1. The predicted octanol–water partition coefficient (Wildman–Crippen LogP) is 6.19. The quantitative estimate of drug-likeness (QED) is 0.307. The smallest absolute Gasteiger partial charge is 0.337 e. The summed E-state index contributed by atoms with van der Waals surface area (Å²) in [6.07, 6.45) is 1.30. The van der Waals surface area contributed by atoms with Crippen molar-refractivity contribution in [2.24, 2.45) is 0 Å². The van der Waals surface area contributed by atoms with Crippen LogP contribution in [0.15, 0.2) is 72.9 Å². The van der Waals surface area contributed by atoms with Gasteiger partial charge in [-0.05, 0) is 48.9 Å². The van der Waals surface area contributed by atoms with E-state index in [1.807, 2.05) is 25.1 Å². The maximum Gasteiger partial charge on any atom is 0.337 e. The van der Waals surface area contributed by atoms with Crippen molar-refractivity contribution in [3.8, 4) is 17.2 Å². The van der Waals surface area contributed by atoms with E-state index < -0.39 is 5.97 Å². The third kappa shape index (κ3) is 3.79. The summed E-state index contributed by atoms with van der Waals surface area (Å²) >= 11 is 1.26. The summed E-state index contributed by atoms with van der Waals surface area (Å²) in [6, 6.07) is 18.9. The van der Waals surface area contributed by atoms with E-state index >= 15 is 0 Å². The molecule has 0 amide bonds. The first-order valence-corrected chi connectivity index (χ1v) is 10.9. The lowest BCUT2D eigenvalue weighted by atomic mass is 10.0. The fourth-order valence-electron chi connectivity index (χ4n) is 3.66. The number of fused-ring (bicyclic) bond motifs is 2. The Bertz CT molecular complexity index is 1570. The number of ether oxygens (including phenoxy) is 1. The fraction of sp³-hybridized carbons (Fsp3) is 0.0385. The third-order valence-corrected chi connectivity index (χ3v) is 6.48. The summed E-state index contributed by atoms with van der Waals surface area (Å²) in [5.41, 5.74) is 2.12. The number of carbonyl (C=O) groups excluding carboxylic acids is 1. The van der Waals surface area contributed by atoms with Crippen LogP contribution in [0.5, 0.6) is 17.2 Å². The van der Waals surface area contributed by atoms with Gasteiger partial charge in [0.25, 0.3) is 0 Å². The highest BCUT2D eigenvalue weighted by Gasteiger charge is 2.23. The van der Waals surface area contributed by atoms with Gasteiger partial charge in [-0.25, -0.2) is 4.79 Å². The van der Waals surface area contributed by atoms with Crippen LogP contribution >= 0.6 is 11.3 Å². The number of hydrogen-bond donors (Lipinski definition) is 2. The average Bonchev–Trinajstić information content (AvgIpc) is 3.15. The Balaban J connectivity index is 1.62. The first-order chi connectivity index (χ1) is 15.9. The van der Waals surface area contributed by atoms with Crippen molar-refractivity contribution in [3.05, 3.63) is 94.5 Å². The lowest BCUT2D eigenvalue weighted by molar-refractivity contribution is 0.0696. The molecule has 0 fully saturated rings. The van der Waals surface area contributed by atoms with Gasteiger partial charge in [0.05, 0.1) is 11.1 Å². The van der Waals surface area contributed by atoms with Gasteiger partial charge in [-0.15, -0.1) is 11.3 Å². The summed E-state index contributed by atoms with van der Waals surface area (Å²) in [5.74, 6) is -0.227. The van der Waals surface area contributed by atoms with Crippen molar-refractivity contribution in [3.63, 3.8) is 0 Å². The molecule has 0 aliphatic rings. The number of rotatable bonds is 5. The van der Waals surface area contributed by atoms with Crippen LogP contribution in [0.1, 0.15) is 31.2 Å². The topological polar surface area (TPSA) is 96.7 Å². The second-order valence-electron chi connectivity index (χ2n) is 7.57. The lowest BCUT2D eigenvalue weighted by Gasteiger charge is -2.10. The Morgan fingerprint density at radius 3 is 2.61 bits per heavy atom. The highest BCUT2D eigenvalue weighted by atomic mass is 32.1. The van der Waals surface area contributed by atoms with Crippen LogP contribution in [-0.2, 0) is 0 Å². The number of carboxylic acid groups (broad SMARTS) is 1. The lowest BCUT2D eigenvalue weighted by Crippen LogP contribution is -2.03. The van der Waals surface area contributed by atoms with Gasteiger partial charge in [-0.2, -0.15) is 0 Å². The second kappa shape index (κ2) is 8.03. The minimum absolute atomic E-state index is 0.103. The molecule has 33 heavy (non-hydrogen) atoms. The number of phenols is 1. The zero-order valence-electron chi connectivity index (χ0n) is 17.4. The summed E-state index contributed by atoms with van der Waals surface area (Å²) in [4.78, 5) is 29.3.